The molecule has 2 aromatic carbocycles. The quantitative estimate of drug-likeness (QED) is 0.527. The van der Waals surface area contributed by atoms with E-state index in [1.165, 1.54) is 12.1 Å². The van der Waals surface area contributed by atoms with Crippen LogP contribution in [-0.2, 0) is 25.7 Å². The van der Waals surface area contributed by atoms with Gasteiger partial charge in [0.05, 0.1) is 10.6 Å². The molecule has 3 rings (SSSR count). The molecule has 150 valence electrons. The molecule has 1 unspecified atom stereocenters. The zero-order valence-electron chi connectivity index (χ0n) is 15.4. The number of hydrogen-bond acceptors (Lipinski definition) is 5. The molecule has 0 bridgehead atoms. The Morgan fingerprint density at radius 1 is 1.07 bits per heavy atom. The van der Waals surface area contributed by atoms with E-state index in [1.807, 2.05) is 6.07 Å². The van der Waals surface area contributed by atoms with Crippen LogP contribution in [0.2, 0.25) is 0 Å². The first-order valence-electron chi connectivity index (χ1n) is 8.59. The van der Waals surface area contributed by atoms with Crippen LogP contribution in [0.4, 0.5) is 5.69 Å². The Kier molecular flexibility index (Phi) is 7.13. The average molecular weight is 454 g/mol. The first kappa shape index (κ1) is 24.2. The van der Waals surface area contributed by atoms with E-state index in [4.69, 9.17) is 4.55 Å². The third-order valence-corrected chi connectivity index (χ3v) is 7.19. The molecule has 1 aliphatic heterocycles. The van der Waals surface area contributed by atoms with Crippen molar-refractivity contribution < 1.29 is 25.9 Å². The fourth-order valence-corrected chi connectivity index (χ4v) is 4.92. The Morgan fingerprint density at radius 3 is 2.29 bits per heavy atom. The number of benzene rings is 2. The molecule has 0 aliphatic carbocycles. The number of anilines is 1. The third-order valence-electron chi connectivity index (χ3n) is 5.53. The standard InChI is InChI=1S/C18H23NO6S2.K.H/c1-12-18(2,3)17-15-7-6-14(27(23,24)25)11-13(15)5-8-16(17)19(12)9-4-10-26(20,21)22;;/h5-8,11-12H,4,9-10H2,1-3H3,(H,20,21,22)(H,23,24,25);;. The second-order valence-corrected chi connectivity index (χ2v) is 10.5. The molecule has 1 aliphatic rings. The SMILES string of the molecule is CC1N(CCCS(=O)(=O)O)c2ccc3cc(S(=O)(=O)O)ccc3c2C1(C)C.[KH]. The van der Waals surface area contributed by atoms with Crippen LogP contribution in [0, 0.1) is 0 Å². The van der Waals surface area contributed by atoms with Crippen LogP contribution in [0.1, 0.15) is 32.8 Å². The van der Waals surface area contributed by atoms with Crippen molar-refractivity contribution >= 4 is 88.1 Å². The number of nitrogens with zero attached hydrogens (tertiary/aromatic N) is 1. The Morgan fingerprint density at radius 2 is 1.71 bits per heavy atom. The van der Waals surface area contributed by atoms with Gasteiger partial charge in [0.2, 0.25) is 0 Å². The average Bonchev–Trinajstić information content (AvgIpc) is 2.73. The third kappa shape index (κ3) is 4.65. The molecule has 0 spiro atoms. The molecule has 10 heteroatoms. The molecule has 0 saturated heterocycles. The molecule has 0 aromatic heterocycles. The predicted molar refractivity (Wildman–Crippen MR) is 112 cm³/mol. The van der Waals surface area contributed by atoms with Crippen LogP contribution in [0.25, 0.3) is 10.8 Å². The number of hydrogen-bond donors (Lipinski definition) is 2. The van der Waals surface area contributed by atoms with Gasteiger partial charge in [0.15, 0.2) is 0 Å². The predicted octanol–water partition coefficient (Wildman–Crippen LogP) is 2.20. The van der Waals surface area contributed by atoms with E-state index >= 15 is 0 Å². The van der Waals surface area contributed by atoms with E-state index in [0.717, 1.165) is 16.6 Å². The summed E-state index contributed by atoms with van der Waals surface area (Å²) in [6, 6.07) is 8.32. The van der Waals surface area contributed by atoms with Gasteiger partial charge in [0, 0.05) is 23.7 Å². The zero-order valence-corrected chi connectivity index (χ0v) is 17.0. The molecular weight excluding hydrogens is 429 g/mol. The fraction of sp³-hybridized carbons (Fsp3) is 0.444. The van der Waals surface area contributed by atoms with Crippen LogP contribution in [0.15, 0.2) is 35.2 Å². The molecule has 0 fully saturated rings. The van der Waals surface area contributed by atoms with Crippen molar-refractivity contribution in [3.63, 3.8) is 0 Å². The van der Waals surface area contributed by atoms with Gasteiger partial charge in [-0.05, 0) is 47.9 Å². The number of fused-ring (bicyclic) bond motifs is 3. The van der Waals surface area contributed by atoms with Gasteiger partial charge in [-0.25, -0.2) is 0 Å². The second-order valence-electron chi connectivity index (χ2n) is 7.55. The summed E-state index contributed by atoms with van der Waals surface area (Å²) in [6.45, 7) is 6.72. The molecule has 0 radical (unpaired) electrons. The summed E-state index contributed by atoms with van der Waals surface area (Å²) in [7, 11) is -8.28. The van der Waals surface area contributed by atoms with Crippen LogP contribution >= 0.6 is 0 Å². The molecule has 0 saturated carbocycles. The van der Waals surface area contributed by atoms with E-state index in [2.05, 4.69) is 25.7 Å². The Balaban J connectivity index is 0.00000280. The van der Waals surface area contributed by atoms with E-state index in [-0.39, 0.29) is 73.5 Å². The maximum atomic E-state index is 11.4. The van der Waals surface area contributed by atoms with E-state index < -0.39 is 20.2 Å². The van der Waals surface area contributed by atoms with Gasteiger partial charge >= 0.3 is 51.4 Å². The molecule has 28 heavy (non-hydrogen) atoms. The monoisotopic (exact) mass is 453 g/mol. The van der Waals surface area contributed by atoms with Crippen molar-refractivity contribution in [3.8, 4) is 0 Å². The minimum atomic E-state index is -4.28. The summed E-state index contributed by atoms with van der Waals surface area (Å²) < 4.78 is 63.1. The van der Waals surface area contributed by atoms with Gasteiger partial charge in [-0.2, -0.15) is 16.8 Å². The van der Waals surface area contributed by atoms with Crippen molar-refractivity contribution in [2.45, 2.75) is 43.5 Å². The van der Waals surface area contributed by atoms with Crippen LogP contribution < -0.4 is 4.90 Å². The molecular formula is C18H24KNO6S2. The number of rotatable bonds is 5. The topological polar surface area (TPSA) is 112 Å². The fourth-order valence-electron chi connectivity index (χ4n) is 3.91. The van der Waals surface area contributed by atoms with Crippen LogP contribution in [0.3, 0.4) is 0 Å². The molecule has 2 N–H and O–H groups in total. The summed E-state index contributed by atoms with van der Waals surface area (Å²) in [4.78, 5) is 1.97. The van der Waals surface area contributed by atoms with Gasteiger partial charge in [-0.3, -0.25) is 9.11 Å². The van der Waals surface area contributed by atoms with Crippen LogP contribution in [-0.4, -0.2) is 95.7 Å². The molecule has 1 atom stereocenters. The van der Waals surface area contributed by atoms with E-state index in [9.17, 15) is 21.4 Å². The Hall–Kier alpha value is -0.0436. The van der Waals surface area contributed by atoms with Gasteiger partial charge < -0.3 is 4.90 Å². The molecule has 0 amide bonds. The van der Waals surface area contributed by atoms with Crippen molar-refractivity contribution in [1.29, 1.82) is 0 Å². The Bertz CT molecular complexity index is 1110. The first-order valence-corrected chi connectivity index (χ1v) is 11.6. The maximum absolute atomic E-state index is 11.4. The van der Waals surface area contributed by atoms with Gasteiger partial charge in [0.25, 0.3) is 20.2 Å². The van der Waals surface area contributed by atoms with Gasteiger partial charge in [-0.1, -0.05) is 26.0 Å². The molecule has 1 heterocycles. The first-order chi connectivity index (χ1) is 12.3. The minimum absolute atomic E-state index is 0. The van der Waals surface area contributed by atoms with Crippen molar-refractivity contribution in [2.24, 2.45) is 0 Å². The summed E-state index contributed by atoms with van der Waals surface area (Å²) >= 11 is 0. The second kappa shape index (κ2) is 8.24. The summed E-state index contributed by atoms with van der Waals surface area (Å²) in [5.74, 6) is -0.294. The van der Waals surface area contributed by atoms with E-state index in [0.29, 0.717) is 18.4 Å². The Labute approximate surface area is 208 Å². The summed E-state index contributed by atoms with van der Waals surface area (Å²) in [6.07, 6.45) is 0.304. The van der Waals surface area contributed by atoms with Gasteiger partial charge in [-0.15, -0.1) is 0 Å². The summed E-state index contributed by atoms with van der Waals surface area (Å²) in [5, 5.41) is 1.61. The van der Waals surface area contributed by atoms with Crippen molar-refractivity contribution in [3.05, 3.63) is 35.9 Å². The summed E-state index contributed by atoms with van der Waals surface area (Å²) in [5.41, 5.74) is 1.77. The zero-order chi connectivity index (χ0) is 20.2. The van der Waals surface area contributed by atoms with Crippen LogP contribution in [0.5, 0.6) is 0 Å². The molecule has 7 nitrogen and oxygen atoms in total. The van der Waals surface area contributed by atoms with Gasteiger partial charge in [0.1, 0.15) is 0 Å². The van der Waals surface area contributed by atoms with E-state index in [1.54, 1.807) is 12.1 Å². The molecule has 2 aromatic rings. The van der Waals surface area contributed by atoms with Crippen molar-refractivity contribution in [1.82, 2.24) is 0 Å². The normalized spacial score (nSPS) is 18.8. The van der Waals surface area contributed by atoms with Crippen molar-refractivity contribution in [2.75, 3.05) is 17.2 Å².